The molecule has 116 valence electrons. The van der Waals surface area contributed by atoms with Gasteiger partial charge in [0, 0.05) is 5.57 Å². The molecule has 1 aromatic carbocycles. The Morgan fingerprint density at radius 3 is 2.05 bits per heavy atom. The van der Waals surface area contributed by atoms with Gasteiger partial charge in [-0.25, -0.2) is 4.79 Å². The van der Waals surface area contributed by atoms with Crippen LogP contribution >= 0.6 is 0 Å². The lowest BCUT2D eigenvalue weighted by Crippen LogP contribution is -1.98. The summed E-state index contributed by atoms with van der Waals surface area (Å²) in [5.41, 5.74) is 3.58. The number of hydrogen-bond acceptors (Lipinski definition) is 2. The fourth-order valence-corrected chi connectivity index (χ4v) is 2.44. The van der Waals surface area contributed by atoms with Crippen LogP contribution in [0.3, 0.4) is 0 Å². The van der Waals surface area contributed by atoms with E-state index in [0.29, 0.717) is 17.7 Å². The molecule has 0 spiro atoms. The third-order valence-electron chi connectivity index (χ3n) is 3.59. The number of carboxylic acids is 1. The third-order valence-corrected chi connectivity index (χ3v) is 3.59. The van der Waals surface area contributed by atoms with Gasteiger partial charge in [-0.3, -0.25) is 0 Å². The second kappa shape index (κ2) is 8.50. The van der Waals surface area contributed by atoms with Crippen LogP contribution in [0.1, 0.15) is 56.7 Å². The molecule has 0 aliphatic carbocycles. The van der Waals surface area contributed by atoms with Crippen LogP contribution in [-0.4, -0.2) is 16.2 Å². The first-order chi connectivity index (χ1) is 9.99. The summed E-state index contributed by atoms with van der Waals surface area (Å²) in [5, 5.41) is 19.1. The fraction of sp³-hybridized carbons (Fsp3) is 0.500. The molecular formula is C18H26O3. The maximum Gasteiger partial charge on any atom is 0.330 e. The van der Waals surface area contributed by atoms with Gasteiger partial charge in [0.15, 0.2) is 0 Å². The van der Waals surface area contributed by atoms with Crippen LogP contribution in [0.2, 0.25) is 0 Å². The number of allylic oxidation sites excluding steroid dienone is 1. The highest BCUT2D eigenvalue weighted by Gasteiger charge is 2.09. The first-order valence-corrected chi connectivity index (χ1v) is 7.73. The summed E-state index contributed by atoms with van der Waals surface area (Å²) in [5.74, 6) is -0.418. The van der Waals surface area contributed by atoms with Gasteiger partial charge in [-0.1, -0.05) is 44.9 Å². The number of aliphatic carboxylic acids is 1. The number of hydrogen-bond donors (Lipinski definition) is 2. The molecule has 0 radical (unpaired) electrons. The molecule has 2 N–H and O–H groups in total. The van der Waals surface area contributed by atoms with E-state index in [4.69, 9.17) is 5.11 Å². The van der Waals surface area contributed by atoms with Crippen molar-refractivity contribution in [1.82, 2.24) is 0 Å². The molecule has 3 nitrogen and oxygen atoms in total. The highest BCUT2D eigenvalue weighted by Crippen LogP contribution is 2.27. The Morgan fingerprint density at radius 1 is 1.10 bits per heavy atom. The quantitative estimate of drug-likeness (QED) is 0.703. The average Bonchev–Trinajstić information content (AvgIpc) is 2.44. The SMILES string of the molecule is CCCc1cc(CCC=C(C)C(=O)O)cc(CCC)c1O. The summed E-state index contributed by atoms with van der Waals surface area (Å²) in [6.45, 7) is 5.82. The zero-order valence-corrected chi connectivity index (χ0v) is 13.3. The standard InChI is InChI=1S/C18H26O3/c1-4-7-15-11-14(10-6-9-13(3)18(20)21)12-16(8-5-2)17(15)19/h9,11-12,19H,4-8,10H2,1-3H3,(H,20,21). The number of benzene rings is 1. The van der Waals surface area contributed by atoms with Crippen LogP contribution in [-0.2, 0) is 24.1 Å². The molecule has 3 heteroatoms. The number of carboxylic acid groups (broad SMARTS) is 1. The van der Waals surface area contributed by atoms with Gasteiger partial charge < -0.3 is 10.2 Å². The van der Waals surface area contributed by atoms with Crippen molar-refractivity contribution >= 4 is 5.97 Å². The second-order valence-corrected chi connectivity index (χ2v) is 5.49. The molecule has 0 aromatic heterocycles. The number of rotatable bonds is 8. The van der Waals surface area contributed by atoms with Gasteiger partial charge in [0.1, 0.15) is 5.75 Å². The Kier molecular flexibility index (Phi) is 7.00. The Balaban J connectivity index is 2.91. The normalized spacial score (nSPS) is 11.7. The van der Waals surface area contributed by atoms with Gasteiger partial charge in [-0.05, 0) is 49.3 Å². The number of aromatic hydroxyl groups is 1. The molecule has 0 aliphatic rings. The maximum atomic E-state index is 10.8. The molecule has 1 aromatic rings. The van der Waals surface area contributed by atoms with Gasteiger partial charge in [0.2, 0.25) is 0 Å². The zero-order chi connectivity index (χ0) is 15.8. The molecule has 0 amide bonds. The lowest BCUT2D eigenvalue weighted by Gasteiger charge is -2.12. The molecule has 0 unspecified atom stereocenters. The summed E-state index contributed by atoms with van der Waals surface area (Å²) >= 11 is 0. The average molecular weight is 290 g/mol. The van der Waals surface area contributed by atoms with E-state index >= 15 is 0 Å². The molecule has 0 saturated carbocycles. The van der Waals surface area contributed by atoms with Gasteiger partial charge in [-0.2, -0.15) is 0 Å². The number of phenols is 1. The monoisotopic (exact) mass is 290 g/mol. The van der Waals surface area contributed by atoms with Crippen molar-refractivity contribution in [2.45, 2.75) is 59.3 Å². The highest BCUT2D eigenvalue weighted by molar-refractivity contribution is 5.85. The van der Waals surface area contributed by atoms with E-state index in [9.17, 15) is 9.90 Å². The highest BCUT2D eigenvalue weighted by atomic mass is 16.4. The maximum absolute atomic E-state index is 10.8. The van der Waals surface area contributed by atoms with Crippen LogP contribution in [0.5, 0.6) is 5.75 Å². The molecular weight excluding hydrogens is 264 g/mol. The minimum Gasteiger partial charge on any atom is -0.507 e. The van der Waals surface area contributed by atoms with E-state index in [-0.39, 0.29) is 0 Å². The molecule has 21 heavy (non-hydrogen) atoms. The van der Waals surface area contributed by atoms with E-state index in [0.717, 1.165) is 43.2 Å². The van der Waals surface area contributed by atoms with Crippen LogP contribution in [0, 0.1) is 0 Å². The lowest BCUT2D eigenvalue weighted by molar-refractivity contribution is -0.132. The predicted octanol–water partition coefficient (Wildman–Crippen LogP) is 4.26. The molecule has 0 bridgehead atoms. The van der Waals surface area contributed by atoms with Gasteiger partial charge in [0.05, 0.1) is 0 Å². The Hall–Kier alpha value is -1.77. The topological polar surface area (TPSA) is 57.5 Å². The summed E-state index contributed by atoms with van der Waals surface area (Å²) in [4.78, 5) is 10.8. The third kappa shape index (κ3) is 5.25. The van der Waals surface area contributed by atoms with Crippen molar-refractivity contribution in [3.05, 3.63) is 40.5 Å². The van der Waals surface area contributed by atoms with Crippen LogP contribution in [0.25, 0.3) is 0 Å². The van der Waals surface area contributed by atoms with Crippen molar-refractivity contribution in [1.29, 1.82) is 0 Å². The van der Waals surface area contributed by atoms with E-state index < -0.39 is 5.97 Å². The largest absolute Gasteiger partial charge is 0.507 e. The Bertz CT molecular complexity index is 488. The van der Waals surface area contributed by atoms with Gasteiger partial charge in [-0.15, -0.1) is 0 Å². The smallest absolute Gasteiger partial charge is 0.330 e. The lowest BCUT2D eigenvalue weighted by atomic mass is 9.96. The van der Waals surface area contributed by atoms with Crippen LogP contribution in [0.4, 0.5) is 0 Å². The number of carbonyl (C=O) groups is 1. The molecule has 0 atom stereocenters. The van der Waals surface area contributed by atoms with Crippen molar-refractivity contribution in [3.8, 4) is 5.75 Å². The van der Waals surface area contributed by atoms with Crippen LogP contribution < -0.4 is 0 Å². The van der Waals surface area contributed by atoms with E-state index in [1.807, 2.05) is 0 Å². The van der Waals surface area contributed by atoms with Crippen molar-refractivity contribution in [3.63, 3.8) is 0 Å². The number of aryl methyl sites for hydroxylation is 3. The van der Waals surface area contributed by atoms with E-state index in [2.05, 4.69) is 26.0 Å². The van der Waals surface area contributed by atoms with E-state index in [1.165, 1.54) is 5.56 Å². The summed E-state index contributed by atoms with van der Waals surface area (Å²) in [7, 11) is 0. The first-order valence-electron chi connectivity index (χ1n) is 7.73. The minimum absolute atomic E-state index is 0.386. The fourth-order valence-electron chi connectivity index (χ4n) is 2.44. The van der Waals surface area contributed by atoms with Crippen molar-refractivity contribution in [2.24, 2.45) is 0 Å². The molecule has 0 heterocycles. The summed E-state index contributed by atoms with van der Waals surface area (Å²) < 4.78 is 0. The molecule has 0 fully saturated rings. The molecule has 0 aliphatic heterocycles. The molecule has 1 rings (SSSR count). The summed E-state index contributed by atoms with van der Waals surface area (Å²) in [6, 6.07) is 4.11. The Morgan fingerprint density at radius 2 is 1.62 bits per heavy atom. The van der Waals surface area contributed by atoms with Gasteiger partial charge in [0.25, 0.3) is 0 Å². The second-order valence-electron chi connectivity index (χ2n) is 5.49. The van der Waals surface area contributed by atoms with Gasteiger partial charge >= 0.3 is 5.97 Å². The van der Waals surface area contributed by atoms with Crippen LogP contribution in [0.15, 0.2) is 23.8 Å². The Labute approximate surface area is 127 Å². The van der Waals surface area contributed by atoms with Crippen molar-refractivity contribution < 1.29 is 15.0 Å². The van der Waals surface area contributed by atoms with Crippen molar-refractivity contribution in [2.75, 3.05) is 0 Å². The predicted molar refractivity (Wildman–Crippen MR) is 85.8 cm³/mol. The first kappa shape index (κ1) is 17.3. The number of phenolic OH excluding ortho intramolecular Hbond substituents is 1. The summed E-state index contributed by atoms with van der Waals surface area (Å²) in [6.07, 6.45) is 7.02. The zero-order valence-electron chi connectivity index (χ0n) is 13.3. The molecule has 0 saturated heterocycles. The van der Waals surface area contributed by atoms with E-state index in [1.54, 1.807) is 13.0 Å². The minimum atomic E-state index is -0.862.